The Balaban J connectivity index is 2.17. The molecule has 0 bridgehead atoms. The smallest absolute Gasteiger partial charge is 0.302 e. The van der Waals surface area contributed by atoms with Crippen LogP contribution in [-0.4, -0.2) is 30.5 Å². The summed E-state index contributed by atoms with van der Waals surface area (Å²) in [7, 11) is 0. The minimum Gasteiger partial charge on any atom is -0.477 e. The lowest BCUT2D eigenvalue weighted by Gasteiger charge is -2.14. The van der Waals surface area contributed by atoms with Gasteiger partial charge in [-0.1, -0.05) is 18.2 Å². The van der Waals surface area contributed by atoms with E-state index in [-0.39, 0.29) is 5.97 Å². The molecule has 0 fully saturated rings. The van der Waals surface area contributed by atoms with Crippen molar-refractivity contribution < 1.29 is 19.1 Å². The van der Waals surface area contributed by atoms with E-state index >= 15 is 0 Å². The summed E-state index contributed by atoms with van der Waals surface area (Å²) in [4.78, 5) is 26.4. The van der Waals surface area contributed by atoms with Crippen LogP contribution in [0.4, 0.5) is 0 Å². The Hall–Kier alpha value is -2.69. The Morgan fingerprint density at radius 2 is 1.92 bits per heavy atom. The van der Waals surface area contributed by atoms with Crippen molar-refractivity contribution in [2.24, 2.45) is 0 Å². The molecule has 2 rings (SSSR count). The Morgan fingerprint density at radius 1 is 1.16 bits per heavy atom. The maximum Gasteiger partial charge on any atom is 0.302 e. The maximum atomic E-state index is 11.2. The van der Waals surface area contributed by atoms with Gasteiger partial charge in [0.2, 0.25) is 5.88 Å². The molecule has 0 N–H and O–H groups in total. The van der Waals surface area contributed by atoms with Crippen LogP contribution in [0.3, 0.4) is 0 Å². The van der Waals surface area contributed by atoms with E-state index in [4.69, 9.17) is 9.47 Å². The second kappa shape index (κ2) is 8.42. The molecule has 132 valence electrons. The Kier molecular flexibility index (Phi) is 6.28. The van der Waals surface area contributed by atoms with Crippen LogP contribution in [0, 0.1) is 20.8 Å². The van der Waals surface area contributed by atoms with Crippen LogP contribution in [-0.2, 0) is 9.53 Å². The molecule has 1 aromatic heterocycles. The third kappa shape index (κ3) is 4.66. The quantitative estimate of drug-likeness (QED) is 0.435. The summed E-state index contributed by atoms with van der Waals surface area (Å²) < 4.78 is 10.6. The van der Waals surface area contributed by atoms with Crippen molar-refractivity contribution >= 4 is 12.3 Å². The first-order chi connectivity index (χ1) is 11.9. The fraction of sp³-hybridized carbons (Fsp3) is 0.350. The van der Waals surface area contributed by atoms with Crippen molar-refractivity contribution in [2.45, 2.75) is 34.1 Å². The molecule has 0 aliphatic carbocycles. The molecule has 0 amide bonds. The Labute approximate surface area is 148 Å². The number of hydrogen-bond acceptors (Lipinski definition) is 5. The van der Waals surface area contributed by atoms with Crippen LogP contribution in [0.5, 0.6) is 5.88 Å². The average Bonchev–Trinajstić information content (AvgIpc) is 2.57. The maximum absolute atomic E-state index is 11.2. The van der Waals surface area contributed by atoms with E-state index in [1.807, 2.05) is 45.0 Å². The lowest BCUT2D eigenvalue weighted by atomic mass is 9.95. The first-order valence-corrected chi connectivity index (χ1v) is 8.23. The van der Waals surface area contributed by atoms with E-state index in [0.29, 0.717) is 31.1 Å². The third-order valence-electron chi connectivity index (χ3n) is 3.98. The number of carbonyl (C=O) groups excluding carboxylic acids is 2. The number of aldehydes is 1. The Morgan fingerprint density at radius 3 is 2.60 bits per heavy atom. The van der Waals surface area contributed by atoms with E-state index in [2.05, 4.69) is 4.98 Å². The molecule has 0 saturated heterocycles. The highest BCUT2D eigenvalue weighted by molar-refractivity contribution is 5.83. The van der Waals surface area contributed by atoms with Gasteiger partial charge < -0.3 is 9.47 Å². The minimum absolute atomic E-state index is 0.289. The monoisotopic (exact) mass is 341 g/mol. The average molecular weight is 341 g/mol. The van der Waals surface area contributed by atoms with Crippen molar-refractivity contribution in [3.63, 3.8) is 0 Å². The predicted molar refractivity (Wildman–Crippen MR) is 96.0 cm³/mol. The number of esters is 1. The molecule has 5 nitrogen and oxygen atoms in total. The summed E-state index contributed by atoms with van der Waals surface area (Å²) >= 11 is 0. The van der Waals surface area contributed by atoms with Gasteiger partial charge in [0.25, 0.3) is 0 Å². The molecule has 0 saturated carbocycles. The van der Waals surface area contributed by atoms with Gasteiger partial charge in [-0.15, -0.1) is 0 Å². The lowest BCUT2D eigenvalue weighted by Crippen LogP contribution is -2.08. The van der Waals surface area contributed by atoms with Crippen molar-refractivity contribution in [2.75, 3.05) is 13.2 Å². The van der Waals surface area contributed by atoms with Crippen LogP contribution in [0.15, 0.2) is 24.3 Å². The van der Waals surface area contributed by atoms with E-state index in [9.17, 15) is 9.59 Å². The number of pyridine rings is 1. The van der Waals surface area contributed by atoms with Gasteiger partial charge in [0.05, 0.1) is 13.2 Å². The van der Waals surface area contributed by atoms with Crippen LogP contribution >= 0.6 is 0 Å². The zero-order valence-electron chi connectivity index (χ0n) is 15.1. The summed E-state index contributed by atoms with van der Waals surface area (Å²) in [6.07, 6.45) is 1.48. The number of aromatic nitrogens is 1. The summed E-state index contributed by atoms with van der Waals surface area (Å²) in [5.41, 5.74) is 5.37. The van der Waals surface area contributed by atoms with Crippen LogP contribution in [0.25, 0.3) is 11.1 Å². The third-order valence-corrected chi connectivity index (χ3v) is 3.98. The van der Waals surface area contributed by atoms with Crippen molar-refractivity contribution in [3.05, 3.63) is 46.6 Å². The summed E-state index contributed by atoms with van der Waals surface area (Å²) in [5, 5.41) is 0. The van der Waals surface area contributed by atoms with Crippen LogP contribution in [0.1, 0.15) is 40.5 Å². The second-order valence-corrected chi connectivity index (χ2v) is 5.92. The molecule has 0 atom stereocenters. The standard InChI is InChI=1S/C20H23NO4/c1-13-11-19(18-8-5-7-17(12-22)14(18)2)15(3)21-20(13)25-10-6-9-24-16(4)23/h5,7-8,11-12H,6,9-10H2,1-4H3. The fourth-order valence-corrected chi connectivity index (χ4v) is 2.62. The number of ether oxygens (including phenoxy) is 2. The lowest BCUT2D eigenvalue weighted by molar-refractivity contribution is -0.141. The molecular formula is C20H23NO4. The molecule has 25 heavy (non-hydrogen) atoms. The molecule has 2 aromatic rings. The van der Waals surface area contributed by atoms with Crippen LogP contribution < -0.4 is 4.74 Å². The number of hydrogen-bond donors (Lipinski definition) is 0. The molecule has 0 aliphatic rings. The first-order valence-electron chi connectivity index (χ1n) is 8.23. The van der Waals surface area contributed by atoms with Crippen molar-refractivity contribution in [1.82, 2.24) is 4.98 Å². The SMILES string of the molecule is CC(=O)OCCCOc1nc(C)c(-c2cccc(C=O)c2C)cc1C. The fourth-order valence-electron chi connectivity index (χ4n) is 2.62. The normalized spacial score (nSPS) is 10.4. The highest BCUT2D eigenvalue weighted by Gasteiger charge is 2.12. The number of benzene rings is 1. The zero-order chi connectivity index (χ0) is 18.4. The molecule has 0 spiro atoms. The Bertz CT molecular complexity index is 784. The van der Waals surface area contributed by atoms with Gasteiger partial charge in [-0.05, 0) is 38.0 Å². The molecule has 0 unspecified atom stereocenters. The topological polar surface area (TPSA) is 65.5 Å². The number of nitrogens with zero attached hydrogens (tertiary/aromatic N) is 1. The van der Waals surface area contributed by atoms with Gasteiger partial charge >= 0.3 is 5.97 Å². The predicted octanol–water partition coefficient (Wildman–Crippen LogP) is 3.82. The first kappa shape index (κ1) is 18.6. The van der Waals surface area contributed by atoms with Crippen LogP contribution in [0.2, 0.25) is 0 Å². The number of aryl methyl sites for hydroxylation is 2. The molecule has 1 aromatic carbocycles. The number of carbonyl (C=O) groups is 2. The summed E-state index contributed by atoms with van der Waals surface area (Å²) in [5.74, 6) is 0.288. The highest BCUT2D eigenvalue weighted by atomic mass is 16.5. The summed E-state index contributed by atoms with van der Waals surface area (Å²) in [6, 6.07) is 7.70. The molecule has 5 heteroatoms. The van der Waals surface area contributed by atoms with Gasteiger partial charge in [-0.3, -0.25) is 9.59 Å². The van der Waals surface area contributed by atoms with Gasteiger partial charge in [0, 0.05) is 35.7 Å². The second-order valence-electron chi connectivity index (χ2n) is 5.92. The number of rotatable bonds is 7. The van der Waals surface area contributed by atoms with E-state index < -0.39 is 0 Å². The van der Waals surface area contributed by atoms with Gasteiger partial charge in [-0.25, -0.2) is 4.98 Å². The molecule has 0 aliphatic heterocycles. The molecule has 0 radical (unpaired) electrons. The summed E-state index contributed by atoms with van der Waals surface area (Å²) in [6.45, 7) is 7.95. The van der Waals surface area contributed by atoms with Gasteiger partial charge in [0.1, 0.15) is 6.29 Å². The van der Waals surface area contributed by atoms with E-state index in [0.717, 1.165) is 34.2 Å². The van der Waals surface area contributed by atoms with Gasteiger partial charge in [0.15, 0.2) is 0 Å². The van der Waals surface area contributed by atoms with Crippen molar-refractivity contribution in [1.29, 1.82) is 0 Å². The van der Waals surface area contributed by atoms with Crippen molar-refractivity contribution in [3.8, 4) is 17.0 Å². The zero-order valence-corrected chi connectivity index (χ0v) is 15.1. The molecule has 1 heterocycles. The van der Waals surface area contributed by atoms with E-state index in [1.165, 1.54) is 6.92 Å². The van der Waals surface area contributed by atoms with E-state index in [1.54, 1.807) is 0 Å². The van der Waals surface area contributed by atoms with Gasteiger partial charge in [-0.2, -0.15) is 0 Å². The minimum atomic E-state index is -0.289. The molecular weight excluding hydrogens is 318 g/mol. The highest BCUT2D eigenvalue weighted by Crippen LogP contribution is 2.30. The largest absolute Gasteiger partial charge is 0.477 e.